The van der Waals surface area contributed by atoms with Crippen molar-refractivity contribution < 1.29 is 0 Å². The lowest BCUT2D eigenvalue weighted by Crippen LogP contribution is -2.53. The van der Waals surface area contributed by atoms with Crippen LogP contribution in [0.3, 0.4) is 0 Å². The average Bonchev–Trinajstić information content (AvgIpc) is 3.19. The van der Waals surface area contributed by atoms with Crippen LogP contribution in [0.1, 0.15) is 97.1 Å². The van der Waals surface area contributed by atoms with Crippen LogP contribution in [0.5, 0.6) is 0 Å². The molecule has 8 atom stereocenters. The minimum absolute atomic E-state index is 0.256. The van der Waals surface area contributed by atoms with Gasteiger partial charge in [-0.1, -0.05) is 37.6 Å². The fourth-order valence-electron chi connectivity index (χ4n) is 9.86. The third-order valence-electron chi connectivity index (χ3n) is 12.2. The molecule has 0 saturated heterocycles. The van der Waals surface area contributed by atoms with Gasteiger partial charge >= 0.3 is 0 Å². The van der Waals surface area contributed by atoms with Crippen LogP contribution in [0.15, 0.2) is 36.2 Å². The Kier molecular flexibility index (Phi) is 5.68. The molecule has 0 aromatic carbocycles. The zero-order chi connectivity index (χ0) is 24.6. The summed E-state index contributed by atoms with van der Waals surface area (Å²) in [6.45, 7) is 12.5. The fourth-order valence-corrected chi connectivity index (χ4v) is 9.86. The highest BCUT2D eigenvalue weighted by Gasteiger charge is 2.59. The highest BCUT2D eigenvalue weighted by molar-refractivity contribution is 5.56. The van der Waals surface area contributed by atoms with Gasteiger partial charge in [-0.3, -0.25) is 9.88 Å². The van der Waals surface area contributed by atoms with Gasteiger partial charge in [0.2, 0.25) is 0 Å². The summed E-state index contributed by atoms with van der Waals surface area (Å²) in [5, 5.41) is 0. The molecule has 5 aliphatic carbocycles. The first-order chi connectivity index (χ1) is 16.6. The Morgan fingerprint density at radius 1 is 0.971 bits per heavy atom. The Hall–Kier alpha value is -1.41. The SMILES string of the molecule is CN([C@@H]1CC[C@@]2(C)C(=CC[C@H]3[C@@H]4CC[C@H](C5C=Cc6ccncc6C5)[C@@]4(C)CC[C@@H]32)C1)C(C)(C)C. The van der Waals surface area contributed by atoms with Crippen molar-refractivity contribution >= 4 is 6.08 Å². The summed E-state index contributed by atoms with van der Waals surface area (Å²) in [6.07, 6.45) is 24.2. The molecule has 0 aliphatic heterocycles. The standard InChI is InChI=1S/C33H48N2/c1-31(2,3)35(6)26-13-16-32(4)25(20-26)9-10-27-29-12-11-28(33(29,5)17-14-30(27)32)23-8-7-22-15-18-34-21-24(22)19-23/h7-9,15,18,21,23,26-30H,10-14,16-17,19-20H2,1-6H3/t23?,26-,27+,28-,29+,30+,32+,33-/m1/s1. The quantitative estimate of drug-likeness (QED) is 0.406. The summed E-state index contributed by atoms with van der Waals surface area (Å²) in [5.74, 6) is 4.27. The predicted octanol–water partition coefficient (Wildman–Crippen LogP) is 7.95. The van der Waals surface area contributed by atoms with Crippen molar-refractivity contribution in [1.82, 2.24) is 9.88 Å². The van der Waals surface area contributed by atoms with E-state index in [9.17, 15) is 0 Å². The van der Waals surface area contributed by atoms with Crippen LogP contribution in [0, 0.1) is 40.4 Å². The summed E-state index contributed by atoms with van der Waals surface area (Å²) in [7, 11) is 2.36. The van der Waals surface area contributed by atoms with Gasteiger partial charge < -0.3 is 0 Å². The van der Waals surface area contributed by atoms with Crippen LogP contribution in [-0.4, -0.2) is 28.5 Å². The molecule has 1 aromatic heterocycles. The molecule has 5 aliphatic rings. The van der Waals surface area contributed by atoms with Crippen molar-refractivity contribution in [1.29, 1.82) is 0 Å². The molecule has 0 N–H and O–H groups in total. The fraction of sp³-hybridized carbons (Fsp3) is 0.727. The van der Waals surface area contributed by atoms with Gasteiger partial charge in [0.05, 0.1) is 0 Å². The van der Waals surface area contributed by atoms with Gasteiger partial charge in [0, 0.05) is 24.0 Å². The zero-order valence-corrected chi connectivity index (χ0v) is 23.2. The van der Waals surface area contributed by atoms with E-state index in [2.05, 4.69) is 82.0 Å². The van der Waals surface area contributed by atoms with Gasteiger partial charge in [0.1, 0.15) is 0 Å². The number of allylic oxidation sites excluding steroid dienone is 2. The number of pyridine rings is 1. The van der Waals surface area contributed by atoms with Crippen LogP contribution >= 0.6 is 0 Å². The molecule has 0 bridgehead atoms. The van der Waals surface area contributed by atoms with E-state index in [0.29, 0.717) is 22.8 Å². The molecule has 0 radical (unpaired) electrons. The molecule has 1 aromatic rings. The molecule has 1 heterocycles. The van der Waals surface area contributed by atoms with Crippen LogP contribution in [-0.2, 0) is 6.42 Å². The highest BCUT2D eigenvalue weighted by atomic mass is 15.2. The Bertz CT molecular complexity index is 1030. The minimum Gasteiger partial charge on any atom is -0.298 e. The first-order valence-electron chi connectivity index (χ1n) is 14.6. The second-order valence-electron chi connectivity index (χ2n) is 14.5. The van der Waals surface area contributed by atoms with E-state index in [-0.39, 0.29) is 5.54 Å². The molecule has 0 amide bonds. The van der Waals surface area contributed by atoms with Gasteiger partial charge in [0.25, 0.3) is 0 Å². The van der Waals surface area contributed by atoms with Crippen molar-refractivity contribution in [2.75, 3.05) is 7.05 Å². The number of hydrogen-bond acceptors (Lipinski definition) is 2. The van der Waals surface area contributed by atoms with Gasteiger partial charge in [-0.05, 0) is 143 Å². The Morgan fingerprint density at radius 2 is 1.77 bits per heavy atom. The minimum atomic E-state index is 0.256. The van der Waals surface area contributed by atoms with E-state index in [1.807, 2.05) is 11.8 Å². The third kappa shape index (κ3) is 3.72. The van der Waals surface area contributed by atoms with Gasteiger partial charge in [-0.2, -0.15) is 0 Å². The highest BCUT2D eigenvalue weighted by Crippen LogP contribution is 2.67. The van der Waals surface area contributed by atoms with Crippen LogP contribution in [0.25, 0.3) is 6.08 Å². The maximum absolute atomic E-state index is 4.44. The monoisotopic (exact) mass is 472 g/mol. The third-order valence-corrected chi connectivity index (χ3v) is 12.2. The van der Waals surface area contributed by atoms with Crippen LogP contribution in [0.2, 0.25) is 0 Å². The van der Waals surface area contributed by atoms with Crippen molar-refractivity contribution in [3.8, 4) is 0 Å². The summed E-state index contributed by atoms with van der Waals surface area (Å²) in [5.41, 5.74) is 5.91. The molecule has 3 fully saturated rings. The second-order valence-corrected chi connectivity index (χ2v) is 14.5. The van der Waals surface area contributed by atoms with Crippen molar-refractivity contribution in [2.24, 2.45) is 40.4 Å². The van der Waals surface area contributed by atoms with E-state index in [4.69, 9.17) is 0 Å². The van der Waals surface area contributed by atoms with Crippen molar-refractivity contribution in [3.63, 3.8) is 0 Å². The predicted molar refractivity (Wildman–Crippen MR) is 147 cm³/mol. The first kappa shape index (κ1) is 24.0. The molecule has 2 heteroatoms. The molecule has 1 unspecified atom stereocenters. The van der Waals surface area contributed by atoms with Crippen LogP contribution < -0.4 is 0 Å². The normalized spacial score (nSPS) is 42.7. The number of rotatable bonds is 2. The molecule has 0 spiro atoms. The number of aromatic nitrogens is 1. The Labute approximate surface area is 214 Å². The second kappa shape index (κ2) is 8.30. The molecular weight excluding hydrogens is 424 g/mol. The lowest BCUT2D eigenvalue weighted by Gasteiger charge is -2.59. The van der Waals surface area contributed by atoms with Crippen molar-refractivity contribution in [3.05, 3.63) is 47.3 Å². The van der Waals surface area contributed by atoms with E-state index in [1.165, 1.54) is 68.9 Å². The molecule has 35 heavy (non-hydrogen) atoms. The molecule has 3 saturated carbocycles. The lowest BCUT2D eigenvalue weighted by molar-refractivity contribution is -0.0540. The van der Waals surface area contributed by atoms with Crippen LogP contribution in [0.4, 0.5) is 0 Å². The van der Waals surface area contributed by atoms with Gasteiger partial charge in [0.15, 0.2) is 0 Å². The summed E-state index contributed by atoms with van der Waals surface area (Å²) >= 11 is 0. The molecule has 190 valence electrons. The average molecular weight is 473 g/mol. The Balaban J connectivity index is 1.22. The number of hydrogen-bond donors (Lipinski definition) is 0. The summed E-state index contributed by atoms with van der Waals surface area (Å²) in [6, 6.07) is 2.90. The van der Waals surface area contributed by atoms with Gasteiger partial charge in [-0.15, -0.1) is 0 Å². The smallest absolute Gasteiger partial charge is 0.0306 e. The number of fused-ring (bicyclic) bond motifs is 6. The maximum atomic E-state index is 4.44. The lowest BCUT2D eigenvalue weighted by atomic mass is 9.46. The van der Waals surface area contributed by atoms with E-state index < -0.39 is 0 Å². The molecule has 6 rings (SSSR count). The zero-order valence-electron chi connectivity index (χ0n) is 23.2. The summed E-state index contributed by atoms with van der Waals surface area (Å²) < 4.78 is 0. The van der Waals surface area contributed by atoms with Crippen molar-refractivity contribution in [2.45, 2.75) is 104 Å². The Morgan fingerprint density at radius 3 is 2.57 bits per heavy atom. The molecular formula is C33H48N2. The first-order valence-corrected chi connectivity index (χ1v) is 14.6. The largest absolute Gasteiger partial charge is 0.298 e. The van der Waals surface area contributed by atoms with Gasteiger partial charge in [-0.25, -0.2) is 0 Å². The maximum Gasteiger partial charge on any atom is 0.0306 e. The number of nitrogens with zero attached hydrogens (tertiary/aromatic N) is 2. The summed E-state index contributed by atoms with van der Waals surface area (Å²) in [4.78, 5) is 7.10. The van der Waals surface area contributed by atoms with E-state index >= 15 is 0 Å². The molecule has 2 nitrogen and oxygen atoms in total. The topological polar surface area (TPSA) is 16.1 Å². The van der Waals surface area contributed by atoms with E-state index in [1.54, 1.807) is 0 Å². The van der Waals surface area contributed by atoms with E-state index in [0.717, 1.165) is 23.7 Å².